The summed E-state index contributed by atoms with van der Waals surface area (Å²) in [5.74, 6) is -1.28. The Morgan fingerprint density at radius 1 is 0.960 bits per heavy atom. The first-order valence-corrected chi connectivity index (χ1v) is 7.21. The van der Waals surface area contributed by atoms with Crippen LogP contribution in [0.15, 0.2) is 86.5 Å². The smallest absolute Gasteiger partial charge is 0.332 e. The molecule has 0 saturated carbocycles. The highest BCUT2D eigenvalue weighted by Gasteiger charge is 1.95. The molecule has 0 saturated heterocycles. The molecule has 1 N–H and O–H groups in total. The number of benzene rings is 1. The Morgan fingerprint density at radius 2 is 1.36 bits per heavy atom. The van der Waals surface area contributed by atoms with Crippen LogP contribution in [0.4, 0.5) is 0 Å². The second kappa shape index (κ2) is 18.9. The predicted molar refractivity (Wildman–Crippen MR) is 106 cm³/mol. The highest BCUT2D eigenvalue weighted by molar-refractivity contribution is 5.86. The van der Waals surface area contributed by atoms with Crippen molar-refractivity contribution in [1.82, 2.24) is 0 Å². The zero-order chi connectivity index (χ0) is 20.3. The maximum absolute atomic E-state index is 10.2. The van der Waals surface area contributed by atoms with Gasteiger partial charge in [-0.3, -0.25) is 0 Å². The van der Waals surface area contributed by atoms with Crippen LogP contribution in [0.5, 0.6) is 0 Å². The fraction of sp³-hybridized carbons (Fsp3) is 0.143. The Balaban J connectivity index is -0.000000266. The molecule has 0 radical (unpaired) electrons. The zero-order valence-electron chi connectivity index (χ0n) is 15.3. The van der Waals surface area contributed by atoms with Crippen molar-refractivity contribution in [3.8, 4) is 0 Å². The molecule has 0 unspecified atom stereocenters. The van der Waals surface area contributed by atoms with E-state index in [4.69, 9.17) is 5.11 Å². The summed E-state index contributed by atoms with van der Waals surface area (Å²) in [7, 11) is 1.33. The number of esters is 1. The van der Waals surface area contributed by atoms with Gasteiger partial charge in [0.1, 0.15) is 0 Å². The number of carbonyl (C=O) groups is 2. The molecule has 136 valence electrons. The summed E-state index contributed by atoms with van der Waals surface area (Å²) in [6.45, 7) is 19.9. The first kappa shape index (κ1) is 26.7. The van der Waals surface area contributed by atoms with Gasteiger partial charge in [0, 0.05) is 11.1 Å². The van der Waals surface area contributed by atoms with Gasteiger partial charge in [-0.05, 0) is 19.4 Å². The van der Waals surface area contributed by atoms with Gasteiger partial charge in [0.05, 0.1) is 7.11 Å². The number of hydrogen-bond donors (Lipinski definition) is 1. The monoisotopic (exact) mass is 344 g/mol. The minimum Gasteiger partial charge on any atom is -0.478 e. The van der Waals surface area contributed by atoms with Gasteiger partial charge < -0.3 is 9.84 Å². The third-order valence-electron chi connectivity index (χ3n) is 2.10. The predicted octanol–water partition coefficient (Wildman–Crippen LogP) is 5.07. The Kier molecular flexibility index (Phi) is 20.2. The average Bonchev–Trinajstić information content (AvgIpc) is 2.62. The minimum atomic E-state index is -0.935. The lowest BCUT2D eigenvalue weighted by molar-refractivity contribution is -0.136. The van der Waals surface area contributed by atoms with Crippen LogP contribution < -0.4 is 0 Å². The van der Waals surface area contributed by atoms with E-state index >= 15 is 0 Å². The van der Waals surface area contributed by atoms with Crippen molar-refractivity contribution >= 4 is 18.0 Å². The molecule has 1 aromatic carbocycles. The molecular weight excluding hydrogens is 316 g/mol. The van der Waals surface area contributed by atoms with E-state index in [1.165, 1.54) is 19.6 Å². The van der Waals surface area contributed by atoms with Crippen LogP contribution >= 0.6 is 0 Å². The standard InChI is InChI=1S/C8H8.C5H8O2.C4H6O2.C4H6/c1-2-8-6-4-3-5-7-8;1-4(2)5(6)7-3;1-3(2)4(5)6;1-3-4-2/h2-7H,1H2;1H2,2-3H3;1H2,2H3,(H,5,6);3-4H,1-2H2. The largest absolute Gasteiger partial charge is 0.478 e. The number of allylic oxidation sites excluding steroid dienone is 2. The summed E-state index contributed by atoms with van der Waals surface area (Å²) in [5.41, 5.74) is 1.78. The molecule has 4 heteroatoms. The van der Waals surface area contributed by atoms with E-state index in [1.807, 2.05) is 36.4 Å². The Labute approximate surface area is 151 Å². The van der Waals surface area contributed by atoms with Crippen LogP contribution in [-0.2, 0) is 14.3 Å². The minimum absolute atomic E-state index is 0.176. The van der Waals surface area contributed by atoms with Crippen molar-refractivity contribution in [3.05, 3.63) is 92.1 Å². The normalized spacial score (nSPS) is 7.48. The van der Waals surface area contributed by atoms with Crippen LogP contribution in [0.2, 0.25) is 0 Å². The van der Waals surface area contributed by atoms with E-state index in [0.717, 1.165) is 0 Å². The fourth-order valence-corrected chi connectivity index (χ4v) is 0.763. The fourth-order valence-electron chi connectivity index (χ4n) is 0.763. The highest BCUT2D eigenvalue weighted by Crippen LogP contribution is 1.97. The van der Waals surface area contributed by atoms with E-state index in [1.54, 1.807) is 19.1 Å². The molecule has 0 aliphatic rings. The molecule has 0 atom stereocenters. The Hall–Kier alpha value is -3.14. The number of methoxy groups -OCH3 is 1. The van der Waals surface area contributed by atoms with Gasteiger partial charge in [0.2, 0.25) is 0 Å². The van der Waals surface area contributed by atoms with Gasteiger partial charge in [-0.1, -0.05) is 81.5 Å². The first-order valence-electron chi connectivity index (χ1n) is 7.21. The number of aliphatic carboxylic acids is 1. The number of ether oxygens (including phenoxy) is 1. The maximum Gasteiger partial charge on any atom is 0.332 e. The third kappa shape index (κ3) is 23.3. The lowest BCUT2D eigenvalue weighted by atomic mass is 10.2. The average molecular weight is 344 g/mol. The van der Waals surface area contributed by atoms with Crippen LogP contribution in [-0.4, -0.2) is 24.2 Å². The van der Waals surface area contributed by atoms with Crippen LogP contribution in [0.25, 0.3) is 6.08 Å². The lowest BCUT2D eigenvalue weighted by Crippen LogP contribution is -1.98. The van der Waals surface area contributed by atoms with Crippen LogP contribution in [0.3, 0.4) is 0 Å². The Morgan fingerprint density at radius 3 is 1.48 bits per heavy atom. The van der Waals surface area contributed by atoms with Gasteiger partial charge in [0.15, 0.2) is 0 Å². The second-order valence-corrected chi connectivity index (χ2v) is 4.44. The molecular formula is C21H28O4. The number of carboxylic acid groups (broad SMARTS) is 1. The van der Waals surface area contributed by atoms with E-state index < -0.39 is 5.97 Å². The first-order chi connectivity index (χ1) is 11.7. The zero-order valence-corrected chi connectivity index (χ0v) is 15.3. The van der Waals surface area contributed by atoms with Gasteiger partial charge >= 0.3 is 11.9 Å². The van der Waals surface area contributed by atoms with E-state index in [-0.39, 0.29) is 11.5 Å². The van der Waals surface area contributed by atoms with Crippen molar-refractivity contribution in [2.24, 2.45) is 0 Å². The molecule has 0 heterocycles. The maximum atomic E-state index is 10.2. The van der Waals surface area contributed by atoms with Crippen molar-refractivity contribution < 1.29 is 19.4 Å². The second-order valence-electron chi connectivity index (χ2n) is 4.44. The molecule has 0 bridgehead atoms. The molecule has 0 fully saturated rings. The summed E-state index contributed by atoms with van der Waals surface area (Å²) in [4.78, 5) is 19.8. The number of hydrogen-bond acceptors (Lipinski definition) is 3. The van der Waals surface area contributed by atoms with Crippen molar-refractivity contribution in [2.75, 3.05) is 7.11 Å². The van der Waals surface area contributed by atoms with E-state index in [9.17, 15) is 9.59 Å². The molecule has 25 heavy (non-hydrogen) atoms. The van der Waals surface area contributed by atoms with Crippen LogP contribution in [0, 0.1) is 0 Å². The summed E-state index contributed by atoms with van der Waals surface area (Å²) < 4.78 is 4.27. The van der Waals surface area contributed by atoms with Crippen molar-refractivity contribution in [3.63, 3.8) is 0 Å². The van der Waals surface area contributed by atoms with Gasteiger partial charge in [-0.25, -0.2) is 9.59 Å². The lowest BCUT2D eigenvalue weighted by Gasteiger charge is -1.91. The molecule has 0 aliphatic heterocycles. The van der Waals surface area contributed by atoms with Crippen molar-refractivity contribution in [2.45, 2.75) is 13.8 Å². The van der Waals surface area contributed by atoms with Gasteiger partial charge in [-0.2, -0.15) is 0 Å². The molecule has 0 aliphatic carbocycles. The number of carbonyl (C=O) groups excluding carboxylic acids is 1. The third-order valence-corrected chi connectivity index (χ3v) is 2.10. The molecule has 0 amide bonds. The number of rotatable bonds is 4. The SMILES string of the molecule is C=C(C)C(=O)O.C=C(C)C(=O)OC.C=CC=C.C=Cc1ccccc1. The molecule has 4 nitrogen and oxygen atoms in total. The van der Waals surface area contributed by atoms with E-state index in [2.05, 4.69) is 37.6 Å². The van der Waals surface area contributed by atoms with E-state index in [0.29, 0.717) is 5.57 Å². The molecule has 0 aromatic heterocycles. The van der Waals surface area contributed by atoms with Gasteiger partial charge in [-0.15, -0.1) is 0 Å². The van der Waals surface area contributed by atoms with Crippen LogP contribution in [0.1, 0.15) is 19.4 Å². The summed E-state index contributed by atoms with van der Waals surface area (Å²) in [6.07, 6.45) is 5.11. The summed E-state index contributed by atoms with van der Waals surface area (Å²) in [5, 5.41) is 7.89. The van der Waals surface area contributed by atoms with Crippen molar-refractivity contribution in [1.29, 1.82) is 0 Å². The van der Waals surface area contributed by atoms with Gasteiger partial charge in [0.25, 0.3) is 0 Å². The topological polar surface area (TPSA) is 63.6 Å². The molecule has 0 spiro atoms. The molecule has 1 aromatic rings. The quantitative estimate of drug-likeness (QED) is 0.470. The Bertz CT molecular complexity index is 551. The number of carboxylic acids is 1. The summed E-state index contributed by atoms with van der Waals surface area (Å²) >= 11 is 0. The molecule has 1 rings (SSSR count). The highest BCUT2D eigenvalue weighted by atomic mass is 16.5. The summed E-state index contributed by atoms with van der Waals surface area (Å²) in [6, 6.07) is 10.0.